The number of anilines is 2. The molecular formula is C19H18N4O2. The maximum atomic E-state index is 12.2. The van der Waals surface area contributed by atoms with Gasteiger partial charge in [-0.25, -0.2) is 9.97 Å². The van der Waals surface area contributed by atoms with E-state index in [-0.39, 0.29) is 5.91 Å². The number of rotatable bonds is 6. The summed E-state index contributed by atoms with van der Waals surface area (Å²) in [5.41, 5.74) is 2.19. The number of carbonyl (C=O) groups excluding carboxylic acids is 1. The zero-order chi connectivity index (χ0) is 17.5. The van der Waals surface area contributed by atoms with Crippen molar-refractivity contribution in [3.8, 4) is 5.75 Å². The lowest BCUT2D eigenvalue weighted by Crippen LogP contribution is -2.23. The average molecular weight is 334 g/mol. The molecule has 2 aromatic carbocycles. The maximum absolute atomic E-state index is 12.2. The van der Waals surface area contributed by atoms with Gasteiger partial charge in [0, 0.05) is 30.2 Å². The molecule has 1 heterocycles. The van der Waals surface area contributed by atoms with E-state index in [0.29, 0.717) is 18.1 Å². The predicted octanol–water partition coefficient (Wildman–Crippen LogP) is 3.16. The number of methoxy groups -OCH3 is 1. The van der Waals surface area contributed by atoms with Gasteiger partial charge in [0.2, 0.25) is 5.95 Å². The van der Waals surface area contributed by atoms with Crippen LogP contribution in [0.3, 0.4) is 0 Å². The number of amides is 1. The highest BCUT2D eigenvalue weighted by atomic mass is 16.5. The highest BCUT2D eigenvalue weighted by Crippen LogP contribution is 2.17. The molecule has 0 bridgehead atoms. The number of aromatic nitrogens is 2. The van der Waals surface area contributed by atoms with Gasteiger partial charge in [-0.1, -0.05) is 36.4 Å². The number of carbonyl (C=O) groups is 1. The van der Waals surface area contributed by atoms with Crippen molar-refractivity contribution in [1.29, 1.82) is 0 Å². The summed E-state index contributed by atoms with van der Waals surface area (Å²) < 4.78 is 5.27. The largest absolute Gasteiger partial charge is 0.496 e. The fraction of sp³-hybridized carbons (Fsp3) is 0.105. The van der Waals surface area contributed by atoms with E-state index in [1.807, 2.05) is 54.6 Å². The number of ether oxygens (including phenoxy) is 1. The van der Waals surface area contributed by atoms with E-state index in [4.69, 9.17) is 4.74 Å². The van der Waals surface area contributed by atoms with Gasteiger partial charge in [-0.05, 0) is 18.2 Å². The Balaban J connectivity index is 1.61. The first kappa shape index (κ1) is 16.4. The predicted molar refractivity (Wildman–Crippen MR) is 95.9 cm³/mol. The monoisotopic (exact) mass is 334 g/mol. The van der Waals surface area contributed by atoms with E-state index in [0.717, 1.165) is 17.0 Å². The molecule has 1 amide bonds. The number of benzene rings is 2. The van der Waals surface area contributed by atoms with E-state index >= 15 is 0 Å². The van der Waals surface area contributed by atoms with Crippen molar-refractivity contribution in [2.75, 3.05) is 12.4 Å². The normalized spacial score (nSPS) is 10.1. The lowest BCUT2D eigenvalue weighted by molar-refractivity contribution is 0.0950. The maximum Gasteiger partial charge on any atom is 0.254 e. The molecule has 6 nitrogen and oxygen atoms in total. The minimum Gasteiger partial charge on any atom is -0.496 e. The van der Waals surface area contributed by atoms with Crippen molar-refractivity contribution in [3.63, 3.8) is 0 Å². The summed E-state index contributed by atoms with van der Waals surface area (Å²) in [6.07, 6.45) is 2.99. The fourth-order valence-electron chi connectivity index (χ4n) is 2.29. The minimum absolute atomic E-state index is 0.239. The Morgan fingerprint density at radius 3 is 2.40 bits per heavy atom. The van der Waals surface area contributed by atoms with Crippen LogP contribution in [0.15, 0.2) is 67.0 Å². The molecule has 0 radical (unpaired) electrons. The summed E-state index contributed by atoms with van der Waals surface area (Å²) in [6.45, 7) is 0.368. The molecule has 0 aliphatic rings. The lowest BCUT2D eigenvalue weighted by atomic mass is 10.2. The Kier molecular flexibility index (Phi) is 5.21. The summed E-state index contributed by atoms with van der Waals surface area (Å²) in [5, 5.41) is 5.91. The SMILES string of the molecule is COc1ccccc1CNC(=O)c1cnc(Nc2ccccc2)nc1. The molecule has 0 saturated carbocycles. The van der Waals surface area contributed by atoms with E-state index in [1.54, 1.807) is 7.11 Å². The molecule has 0 unspecified atom stereocenters. The van der Waals surface area contributed by atoms with Gasteiger partial charge < -0.3 is 15.4 Å². The Morgan fingerprint density at radius 1 is 1.00 bits per heavy atom. The first-order chi connectivity index (χ1) is 12.3. The molecule has 0 aliphatic heterocycles. The summed E-state index contributed by atoms with van der Waals surface area (Å²) >= 11 is 0. The van der Waals surface area contributed by atoms with Crippen LogP contribution in [0.2, 0.25) is 0 Å². The van der Waals surface area contributed by atoms with E-state index in [2.05, 4.69) is 20.6 Å². The van der Waals surface area contributed by atoms with Crippen LogP contribution in [0.5, 0.6) is 5.75 Å². The number of nitrogens with zero attached hydrogens (tertiary/aromatic N) is 2. The van der Waals surface area contributed by atoms with E-state index in [1.165, 1.54) is 12.4 Å². The van der Waals surface area contributed by atoms with Crippen LogP contribution in [0, 0.1) is 0 Å². The zero-order valence-electron chi connectivity index (χ0n) is 13.8. The second-order valence-electron chi connectivity index (χ2n) is 5.28. The fourth-order valence-corrected chi connectivity index (χ4v) is 2.29. The number of hydrogen-bond donors (Lipinski definition) is 2. The van der Waals surface area contributed by atoms with Gasteiger partial charge in [0.05, 0.1) is 12.7 Å². The Hall–Kier alpha value is -3.41. The van der Waals surface area contributed by atoms with E-state index < -0.39 is 0 Å². The molecule has 1 aromatic heterocycles. The lowest BCUT2D eigenvalue weighted by Gasteiger charge is -2.09. The van der Waals surface area contributed by atoms with Crippen LogP contribution in [-0.2, 0) is 6.54 Å². The summed E-state index contributed by atoms with van der Waals surface area (Å²) in [5.74, 6) is 0.936. The van der Waals surface area contributed by atoms with Gasteiger partial charge in [-0.2, -0.15) is 0 Å². The molecule has 0 fully saturated rings. The van der Waals surface area contributed by atoms with Crippen molar-refractivity contribution in [1.82, 2.24) is 15.3 Å². The third-order valence-electron chi connectivity index (χ3n) is 3.58. The van der Waals surface area contributed by atoms with Crippen LogP contribution < -0.4 is 15.4 Å². The average Bonchev–Trinajstić information content (AvgIpc) is 2.67. The third kappa shape index (κ3) is 4.32. The van der Waals surface area contributed by atoms with Crippen LogP contribution >= 0.6 is 0 Å². The standard InChI is InChI=1S/C19H18N4O2/c1-25-17-10-6-5-7-14(17)11-20-18(24)15-12-21-19(22-13-15)23-16-8-3-2-4-9-16/h2-10,12-13H,11H2,1H3,(H,20,24)(H,21,22,23). The summed E-state index contributed by atoms with van der Waals surface area (Å²) in [4.78, 5) is 20.6. The molecule has 0 aliphatic carbocycles. The smallest absolute Gasteiger partial charge is 0.254 e. The third-order valence-corrected chi connectivity index (χ3v) is 3.58. The highest BCUT2D eigenvalue weighted by Gasteiger charge is 2.09. The molecule has 0 saturated heterocycles. The zero-order valence-corrected chi connectivity index (χ0v) is 13.8. The molecule has 25 heavy (non-hydrogen) atoms. The second-order valence-corrected chi connectivity index (χ2v) is 5.28. The first-order valence-corrected chi connectivity index (χ1v) is 7.80. The first-order valence-electron chi connectivity index (χ1n) is 7.80. The number of hydrogen-bond acceptors (Lipinski definition) is 5. The molecular weight excluding hydrogens is 316 g/mol. The van der Waals surface area contributed by atoms with Crippen molar-refractivity contribution < 1.29 is 9.53 Å². The number of para-hydroxylation sites is 2. The molecule has 3 rings (SSSR count). The van der Waals surface area contributed by atoms with Gasteiger partial charge >= 0.3 is 0 Å². The van der Waals surface area contributed by atoms with Gasteiger partial charge in [0.25, 0.3) is 5.91 Å². The Labute approximate surface area is 145 Å². The van der Waals surface area contributed by atoms with Gasteiger partial charge in [-0.3, -0.25) is 4.79 Å². The topological polar surface area (TPSA) is 76.1 Å². The number of nitrogens with one attached hydrogen (secondary N) is 2. The van der Waals surface area contributed by atoms with Crippen molar-refractivity contribution >= 4 is 17.5 Å². The summed E-state index contributed by atoms with van der Waals surface area (Å²) in [6, 6.07) is 17.1. The molecule has 2 N–H and O–H groups in total. The molecule has 6 heteroatoms. The summed E-state index contributed by atoms with van der Waals surface area (Å²) in [7, 11) is 1.60. The Bertz CT molecular complexity index is 836. The molecule has 3 aromatic rings. The van der Waals surface area contributed by atoms with Crippen molar-refractivity contribution in [3.05, 3.63) is 78.1 Å². The molecule has 0 spiro atoms. The quantitative estimate of drug-likeness (QED) is 0.724. The van der Waals surface area contributed by atoms with Crippen LogP contribution in [0.1, 0.15) is 15.9 Å². The van der Waals surface area contributed by atoms with Crippen molar-refractivity contribution in [2.24, 2.45) is 0 Å². The highest BCUT2D eigenvalue weighted by molar-refractivity contribution is 5.93. The second kappa shape index (κ2) is 7.92. The van der Waals surface area contributed by atoms with Gasteiger partial charge in [0.1, 0.15) is 5.75 Å². The Morgan fingerprint density at radius 2 is 1.68 bits per heavy atom. The molecule has 0 atom stereocenters. The van der Waals surface area contributed by atoms with Gasteiger partial charge in [0.15, 0.2) is 0 Å². The van der Waals surface area contributed by atoms with Crippen molar-refractivity contribution in [2.45, 2.75) is 6.54 Å². The minimum atomic E-state index is -0.239. The van der Waals surface area contributed by atoms with Crippen LogP contribution in [0.25, 0.3) is 0 Å². The van der Waals surface area contributed by atoms with Crippen LogP contribution in [-0.4, -0.2) is 23.0 Å². The molecule has 126 valence electrons. The van der Waals surface area contributed by atoms with Gasteiger partial charge in [-0.15, -0.1) is 0 Å². The van der Waals surface area contributed by atoms with Crippen LogP contribution in [0.4, 0.5) is 11.6 Å². The van der Waals surface area contributed by atoms with E-state index in [9.17, 15) is 4.79 Å².